The summed E-state index contributed by atoms with van der Waals surface area (Å²) < 4.78 is 5.05. The summed E-state index contributed by atoms with van der Waals surface area (Å²) in [6.45, 7) is 1.75. The predicted molar refractivity (Wildman–Crippen MR) is 140 cm³/mol. The Hall–Kier alpha value is -3.26. The van der Waals surface area contributed by atoms with Crippen molar-refractivity contribution in [2.45, 2.75) is 76.9 Å². The third kappa shape index (κ3) is 10.7. The lowest BCUT2D eigenvalue weighted by molar-refractivity contribution is -0.142. The van der Waals surface area contributed by atoms with Gasteiger partial charge in [0.2, 0.25) is 0 Å². The van der Waals surface area contributed by atoms with Crippen LogP contribution in [0, 0.1) is 11.8 Å². The number of allylic oxidation sites excluding steroid dienone is 2. The first-order valence-corrected chi connectivity index (χ1v) is 12.9. The lowest BCUT2D eigenvalue weighted by Crippen LogP contribution is -2.18. The number of azide groups is 1. The molecule has 37 heavy (non-hydrogen) atoms. The van der Waals surface area contributed by atoms with E-state index < -0.39 is 18.2 Å². The third-order valence-corrected chi connectivity index (χ3v) is 6.41. The van der Waals surface area contributed by atoms with Crippen molar-refractivity contribution < 1.29 is 29.3 Å². The number of ether oxygens (including phenoxy) is 1. The summed E-state index contributed by atoms with van der Waals surface area (Å²) in [6, 6.07) is 6.04. The van der Waals surface area contributed by atoms with Crippen LogP contribution in [0.3, 0.4) is 0 Å². The van der Waals surface area contributed by atoms with Crippen LogP contribution in [0.5, 0.6) is 0 Å². The fraction of sp³-hybridized carbons (Fsp3) is 0.536. The fourth-order valence-corrected chi connectivity index (χ4v) is 4.28. The molecule has 2 rings (SSSR count). The molecular formula is C28H37N3O6. The van der Waals surface area contributed by atoms with Crippen LogP contribution in [0.2, 0.25) is 0 Å². The van der Waals surface area contributed by atoms with E-state index in [4.69, 9.17) is 10.3 Å². The molecule has 200 valence electrons. The third-order valence-electron chi connectivity index (χ3n) is 6.41. The van der Waals surface area contributed by atoms with Crippen molar-refractivity contribution in [1.29, 1.82) is 0 Å². The van der Waals surface area contributed by atoms with Gasteiger partial charge < -0.3 is 14.9 Å². The molecule has 1 fully saturated rings. The van der Waals surface area contributed by atoms with Crippen molar-refractivity contribution in [2.24, 2.45) is 17.0 Å². The maximum absolute atomic E-state index is 12.3. The van der Waals surface area contributed by atoms with Crippen molar-refractivity contribution in [3.63, 3.8) is 0 Å². The molecule has 1 saturated carbocycles. The molecule has 9 heteroatoms. The van der Waals surface area contributed by atoms with Gasteiger partial charge in [0.05, 0.1) is 12.2 Å². The maximum atomic E-state index is 12.3. The van der Waals surface area contributed by atoms with Crippen LogP contribution in [0.25, 0.3) is 10.4 Å². The first-order valence-electron chi connectivity index (χ1n) is 12.9. The lowest BCUT2D eigenvalue weighted by atomic mass is 9.90. The van der Waals surface area contributed by atoms with E-state index in [9.17, 15) is 24.6 Å². The van der Waals surface area contributed by atoms with Crippen LogP contribution in [0.4, 0.5) is 5.69 Å². The van der Waals surface area contributed by atoms with Gasteiger partial charge >= 0.3 is 5.97 Å². The van der Waals surface area contributed by atoms with Gasteiger partial charge in [0.15, 0.2) is 12.4 Å². The largest absolute Gasteiger partial charge is 0.457 e. The number of ketones is 2. The first-order chi connectivity index (χ1) is 17.8. The van der Waals surface area contributed by atoms with E-state index in [0.717, 1.165) is 19.3 Å². The predicted octanol–water partition coefficient (Wildman–Crippen LogP) is 5.53. The average Bonchev–Trinajstić information content (AvgIpc) is 3.15. The van der Waals surface area contributed by atoms with E-state index in [0.29, 0.717) is 36.9 Å². The minimum Gasteiger partial charge on any atom is -0.457 e. The Bertz CT molecular complexity index is 998. The van der Waals surface area contributed by atoms with Gasteiger partial charge in [-0.2, -0.15) is 0 Å². The molecule has 0 aliphatic heterocycles. The minimum atomic E-state index is -0.730. The number of esters is 1. The summed E-state index contributed by atoms with van der Waals surface area (Å²) in [5.41, 5.74) is 9.15. The molecule has 2 N–H and O–H groups in total. The normalized spacial score (nSPS) is 20.3. The van der Waals surface area contributed by atoms with Crippen LogP contribution in [0.15, 0.2) is 53.7 Å². The van der Waals surface area contributed by atoms with Crippen molar-refractivity contribution in [3.05, 3.63) is 64.6 Å². The van der Waals surface area contributed by atoms with Crippen molar-refractivity contribution in [3.8, 4) is 0 Å². The van der Waals surface area contributed by atoms with E-state index in [1.165, 1.54) is 24.3 Å². The molecule has 0 amide bonds. The minimum absolute atomic E-state index is 0.0212. The summed E-state index contributed by atoms with van der Waals surface area (Å²) in [5.74, 6) is -1.42. The maximum Gasteiger partial charge on any atom is 0.306 e. The number of hydrogen-bond acceptors (Lipinski definition) is 7. The molecule has 1 aliphatic carbocycles. The Labute approximate surface area is 217 Å². The second kappa shape index (κ2) is 16.5. The van der Waals surface area contributed by atoms with Crippen LogP contribution in [0.1, 0.15) is 75.1 Å². The zero-order chi connectivity index (χ0) is 27.0. The standard InChI is InChI=1S/C28H37N3O6/c1-2-3-6-9-22(32)16-17-24-23(25(33)18-26(24)34)10-7-4-5-8-11-28(36)37-19-27(35)20-12-14-21(15-13-20)30-31-29/h4,7,12-17,22-24,26,32,34H,2-3,5-6,8-11,18-19H2,1H3/b7-4-,17-16+/t22-,23+,24+,26+/m0/s1. The highest BCUT2D eigenvalue weighted by atomic mass is 16.5. The van der Waals surface area contributed by atoms with Crippen molar-refractivity contribution in [1.82, 2.24) is 0 Å². The van der Waals surface area contributed by atoms with Gasteiger partial charge in [-0.3, -0.25) is 14.4 Å². The Morgan fingerprint density at radius 2 is 1.97 bits per heavy atom. The quantitative estimate of drug-likeness (QED) is 0.0566. The van der Waals surface area contributed by atoms with Crippen molar-refractivity contribution in [2.75, 3.05) is 6.61 Å². The molecule has 1 aromatic rings. The number of carbonyl (C=O) groups excluding carboxylic acids is 3. The monoisotopic (exact) mass is 511 g/mol. The molecule has 0 heterocycles. The molecule has 4 atom stereocenters. The van der Waals surface area contributed by atoms with E-state index in [1.807, 2.05) is 12.2 Å². The number of carbonyl (C=O) groups is 3. The van der Waals surface area contributed by atoms with Crippen molar-refractivity contribution >= 4 is 23.2 Å². The molecule has 9 nitrogen and oxygen atoms in total. The van der Waals surface area contributed by atoms with E-state index in [1.54, 1.807) is 12.2 Å². The summed E-state index contributed by atoms with van der Waals surface area (Å²) in [6.07, 6.45) is 11.7. The number of Topliss-reactive ketones (excluding diaryl/α,β-unsaturated/α-hetero) is 2. The van der Waals surface area contributed by atoms with Gasteiger partial charge in [-0.1, -0.05) is 79.9 Å². The smallest absolute Gasteiger partial charge is 0.306 e. The Kier molecular flexibility index (Phi) is 13.3. The van der Waals surface area contributed by atoms with Crippen LogP contribution >= 0.6 is 0 Å². The molecular weight excluding hydrogens is 474 g/mol. The molecule has 0 bridgehead atoms. The van der Waals surface area contributed by atoms with Gasteiger partial charge in [-0.15, -0.1) is 0 Å². The highest BCUT2D eigenvalue weighted by molar-refractivity contribution is 5.98. The second-order valence-electron chi connectivity index (χ2n) is 9.29. The average molecular weight is 512 g/mol. The van der Waals surface area contributed by atoms with Gasteiger partial charge in [0, 0.05) is 40.8 Å². The van der Waals surface area contributed by atoms with Crippen LogP contribution in [-0.2, 0) is 14.3 Å². The highest BCUT2D eigenvalue weighted by Gasteiger charge is 2.39. The van der Waals surface area contributed by atoms with E-state index >= 15 is 0 Å². The molecule has 0 aromatic heterocycles. The number of unbranched alkanes of at least 4 members (excludes halogenated alkanes) is 3. The molecule has 0 unspecified atom stereocenters. The van der Waals surface area contributed by atoms with E-state index in [2.05, 4.69) is 16.9 Å². The van der Waals surface area contributed by atoms with Gasteiger partial charge in [0.1, 0.15) is 5.78 Å². The van der Waals surface area contributed by atoms with Crippen LogP contribution in [-0.4, -0.2) is 46.6 Å². The number of aliphatic hydroxyl groups is 2. The van der Waals surface area contributed by atoms with Gasteiger partial charge in [0.25, 0.3) is 0 Å². The summed E-state index contributed by atoms with van der Waals surface area (Å²) in [7, 11) is 0. The number of benzene rings is 1. The molecule has 0 spiro atoms. The number of rotatable bonds is 16. The fourth-order valence-electron chi connectivity index (χ4n) is 4.28. The molecule has 1 aliphatic rings. The Balaban J connectivity index is 1.69. The summed E-state index contributed by atoms with van der Waals surface area (Å²) >= 11 is 0. The number of nitrogens with zero attached hydrogens (tertiary/aromatic N) is 3. The van der Waals surface area contributed by atoms with Crippen LogP contribution < -0.4 is 0 Å². The summed E-state index contributed by atoms with van der Waals surface area (Å²) in [5, 5.41) is 23.8. The SMILES string of the molecule is CCCCC[C@H](O)/C=C/[C@H]1[C@H](O)CC(=O)[C@@H]1C/C=C\CCCC(=O)OCC(=O)c1ccc(N=[N+]=[N-])cc1. The zero-order valence-electron chi connectivity index (χ0n) is 21.4. The molecule has 1 aromatic carbocycles. The topological polar surface area (TPSA) is 150 Å². The zero-order valence-corrected chi connectivity index (χ0v) is 21.4. The number of aliphatic hydroxyl groups excluding tert-OH is 2. The molecule has 0 saturated heterocycles. The van der Waals surface area contributed by atoms with Gasteiger partial charge in [-0.05, 0) is 31.2 Å². The van der Waals surface area contributed by atoms with Gasteiger partial charge in [-0.25, -0.2) is 0 Å². The highest BCUT2D eigenvalue weighted by Crippen LogP contribution is 2.33. The molecule has 0 radical (unpaired) electrons. The first kappa shape index (κ1) is 30.0. The Morgan fingerprint density at radius 1 is 1.22 bits per heavy atom. The lowest BCUT2D eigenvalue weighted by Gasteiger charge is -2.16. The second-order valence-corrected chi connectivity index (χ2v) is 9.29. The number of hydrogen-bond donors (Lipinski definition) is 2. The Morgan fingerprint density at radius 3 is 2.68 bits per heavy atom. The summed E-state index contributed by atoms with van der Waals surface area (Å²) in [4.78, 5) is 39.1. The van der Waals surface area contributed by atoms with E-state index in [-0.39, 0.29) is 42.9 Å².